The molecule has 0 saturated carbocycles. The number of carbonyl (C=O) groups is 6. The monoisotopic (exact) mass is 520 g/mol. The van der Waals surface area contributed by atoms with E-state index < -0.39 is 79.0 Å². The van der Waals surface area contributed by atoms with Gasteiger partial charge in [-0.25, -0.2) is 4.79 Å². The molecular weight excluding hydrogens is 484 g/mol. The molecule has 11 N–H and O–H groups in total. The van der Waals surface area contributed by atoms with Crippen molar-refractivity contribution in [3.63, 3.8) is 0 Å². The molecular formula is C20H36N6O8S. The topological polar surface area (TPSA) is 257 Å². The maximum atomic E-state index is 12.9. The lowest BCUT2D eigenvalue weighted by atomic mass is 10.1. The predicted molar refractivity (Wildman–Crippen MR) is 128 cm³/mol. The first-order valence-electron chi connectivity index (χ1n) is 11.0. The Morgan fingerprint density at radius 2 is 1.40 bits per heavy atom. The van der Waals surface area contributed by atoms with E-state index in [0.29, 0.717) is 31.6 Å². The molecule has 0 bridgehead atoms. The van der Waals surface area contributed by atoms with E-state index in [1.165, 1.54) is 11.8 Å². The van der Waals surface area contributed by atoms with Crippen LogP contribution in [-0.4, -0.2) is 88.5 Å². The molecule has 4 amide bonds. The van der Waals surface area contributed by atoms with Crippen molar-refractivity contribution in [1.82, 2.24) is 16.0 Å². The Hall–Kier alpha value is -2.91. The summed E-state index contributed by atoms with van der Waals surface area (Å²) in [5.74, 6) is -5.49. The number of rotatable bonds is 19. The molecule has 200 valence electrons. The molecule has 0 aliphatic rings. The summed E-state index contributed by atoms with van der Waals surface area (Å²) in [5, 5.41) is 25.0. The number of unbranched alkanes of at least 4 members (excludes halogenated alkanes) is 1. The van der Waals surface area contributed by atoms with Crippen LogP contribution in [0.15, 0.2) is 0 Å². The van der Waals surface area contributed by atoms with Gasteiger partial charge in [-0.15, -0.1) is 0 Å². The summed E-state index contributed by atoms with van der Waals surface area (Å²) in [4.78, 5) is 71.6. The van der Waals surface area contributed by atoms with E-state index >= 15 is 0 Å². The minimum Gasteiger partial charge on any atom is -0.481 e. The molecule has 0 aromatic heterocycles. The standard InChI is InChI=1S/C20H36N6O8S/c1-35-9-7-11(22)17(30)24-12(4-2-3-8-21)18(31)26-14(10-15(23)27)19(32)25-13(20(33)34)5-6-16(28)29/h11-14H,2-10,21-22H2,1H3,(H2,23,27)(H,24,30)(H,25,32)(H,26,31)(H,28,29)(H,33,34). The quantitative estimate of drug-likeness (QED) is 0.0824. The Morgan fingerprint density at radius 1 is 0.829 bits per heavy atom. The average Bonchev–Trinajstić information content (AvgIpc) is 2.77. The van der Waals surface area contributed by atoms with E-state index in [0.717, 1.165) is 0 Å². The van der Waals surface area contributed by atoms with Gasteiger partial charge < -0.3 is 43.4 Å². The highest BCUT2D eigenvalue weighted by molar-refractivity contribution is 7.98. The molecule has 14 nitrogen and oxygen atoms in total. The predicted octanol–water partition coefficient (Wildman–Crippen LogP) is -2.52. The molecule has 15 heteroatoms. The van der Waals surface area contributed by atoms with Crippen molar-refractivity contribution < 1.29 is 39.0 Å². The zero-order valence-corrected chi connectivity index (χ0v) is 20.5. The molecule has 4 unspecified atom stereocenters. The van der Waals surface area contributed by atoms with Crippen LogP contribution in [0.2, 0.25) is 0 Å². The van der Waals surface area contributed by atoms with Gasteiger partial charge in [-0.3, -0.25) is 24.0 Å². The number of hydrogen-bond donors (Lipinski definition) is 8. The van der Waals surface area contributed by atoms with E-state index in [-0.39, 0.29) is 6.42 Å². The van der Waals surface area contributed by atoms with E-state index in [2.05, 4.69) is 16.0 Å². The second-order valence-corrected chi connectivity index (χ2v) is 8.78. The van der Waals surface area contributed by atoms with Crippen molar-refractivity contribution in [2.24, 2.45) is 17.2 Å². The lowest BCUT2D eigenvalue weighted by molar-refractivity contribution is -0.143. The highest BCUT2D eigenvalue weighted by Crippen LogP contribution is 2.06. The molecule has 0 saturated heterocycles. The Kier molecular flexibility index (Phi) is 16.1. The minimum absolute atomic E-state index is 0.172. The molecule has 0 aliphatic carbocycles. The van der Waals surface area contributed by atoms with Gasteiger partial charge in [-0.1, -0.05) is 0 Å². The first kappa shape index (κ1) is 32.1. The fraction of sp³-hybridized carbons (Fsp3) is 0.700. The lowest BCUT2D eigenvalue weighted by Gasteiger charge is -2.24. The number of primary amides is 1. The van der Waals surface area contributed by atoms with Gasteiger partial charge in [0.2, 0.25) is 23.6 Å². The van der Waals surface area contributed by atoms with Gasteiger partial charge in [0.1, 0.15) is 18.1 Å². The number of aliphatic carboxylic acids is 2. The minimum atomic E-state index is -1.57. The van der Waals surface area contributed by atoms with E-state index in [9.17, 15) is 33.9 Å². The summed E-state index contributed by atoms with van der Waals surface area (Å²) in [6, 6.07) is -5.08. The van der Waals surface area contributed by atoms with Crippen LogP contribution < -0.4 is 33.2 Å². The van der Waals surface area contributed by atoms with Crippen LogP contribution in [0.1, 0.15) is 44.9 Å². The van der Waals surface area contributed by atoms with Crippen LogP contribution in [0, 0.1) is 0 Å². The van der Waals surface area contributed by atoms with E-state index in [1.54, 1.807) is 0 Å². The maximum Gasteiger partial charge on any atom is 0.326 e. The van der Waals surface area contributed by atoms with Crippen molar-refractivity contribution in [3.8, 4) is 0 Å². The van der Waals surface area contributed by atoms with Gasteiger partial charge in [0.25, 0.3) is 0 Å². The third-order valence-corrected chi connectivity index (χ3v) is 5.49. The fourth-order valence-electron chi connectivity index (χ4n) is 2.90. The average molecular weight is 521 g/mol. The molecule has 4 atom stereocenters. The molecule has 35 heavy (non-hydrogen) atoms. The van der Waals surface area contributed by atoms with Crippen molar-refractivity contribution >= 4 is 47.3 Å². The molecule has 0 aliphatic heterocycles. The zero-order chi connectivity index (χ0) is 27.0. The molecule has 0 aromatic carbocycles. The maximum absolute atomic E-state index is 12.9. The van der Waals surface area contributed by atoms with Crippen molar-refractivity contribution in [2.45, 2.75) is 69.1 Å². The highest BCUT2D eigenvalue weighted by Gasteiger charge is 2.31. The summed E-state index contributed by atoms with van der Waals surface area (Å²) in [7, 11) is 0. The first-order chi connectivity index (χ1) is 16.4. The molecule has 0 aromatic rings. The Morgan fingerprint density at radius 3 is 1.91 bits per heavy atom. The molecule has 0 heterocycles. The van der Waals surface area contributed by atoms with Gasteiger partial charge in [0.05, 0.1) is 12.5 Å². The first-order valence-corrected chi connectivity index (χ1v) is 12.4. The van der Waals surface area contributed by atoms with Crippen LogP contribution in [0.4, 0.5) is 0 Å². The number of amides is 4. The van der Waals surface area contributed by atoms with E-state index in [4.69, 9.17) is 22.3 Å². The van der Waals surface area contributed by atoms with Gasteiger partial charge >= 0.3 is 11.9 Å². The van der Waals surface area contributed by atoms with Crippen LogP contribution in [0.25, 0.3) is 0 Å². The number of carboxylic acids is 2. The van der Waals surface area contributed by atoms with Gasteiger partial charge in [0, 0.05) is 6.42 Å². The molecule has 0 radical (unpaired) electrons. The largest absolute Gasteiger partial charge is 0.481 e. The van der Waals surface area contributed by atoms with Crippen molar-refractivity contribution in [2.75, 3.05) is 18.6 Å². The van der Waals surface area contributed by atoms with Crippen LogP contribution in [-0.2, 0) is 28.8 Å². The third kappa shape index (κ3) is 14.2. The SMILES string of the molecule is CSCCC(N)C(=O)NC(CCCCN)C(=O)NC(CC(N)=O)C(=O)NC(CCC(=O)O)C(=O)O. The zero-order valence-electron chi connectivity index (χ0n) is 19.7. The number of nitrogens with two attached hydrogens (primary N) is 3. The lowest BCUT2D eigenvalue weighted by Crippen LogP contribution is -2.57. The summed E-state index contributed by atoms with van der Waals surface area (Å²) in [6.45, 7) is 0.356. The summed E-state index contributed by atoms with van der Waals surface area (Å²) in [5.41, 5.74) is 16.5. The Balaban J connectivity index is 5.49. The van der Waals surface area contributed by atoms with Gasteiger partial charge in [-0.05, 0) is 50.7 Å². The van der Waals surface area contributed by atoms with E-state index in [1.807, 2.05) is 6.26 Å². The molecule has 0 rings (SSSR count). The summed E-state index contributed by atoms with van der Waals surface area (Å²) >= 11 is 1.50. The van der Waals surface area contributed by atoms with Crippen LogP contribution >= 0.6 is 11.8 Å². The van der Waals surface area contributed by atoms with Gasteiger partial charge in [0.15, 0.2) is 0 Å². The number of carbonyl (C=O) groups excluding carboxylic acids is 4. The Labute approximate surface area is 207 Å². The molecule has 0 fully saturated rings. The van der Waals surface area contributed by atoms with Crippen molar-refractivity contribution in [3.05, 3.63) is 0 Å². The highest BCUT2D eigenvalue weighted by atomic mass is 32.2. The normalized spacial score (nSPS) is 14.1. The number of nitrogens with one attached hydrogen (secondary N) is 3. The second kappa shape index (κ2) is 17.5. The van der Waals surface area contributed by atoms with Crippen LogP contribution in [0.5, 0.6) is 0 Å². The second-order valence-electron chi connectivity index (χ2n) is 7.80. The number of carboxylic acid groups (broad SMARTS) is 2. The number of hydrogen-bond acceptors (Lipinski definition) is 9. The third-order valence-electron chi connectivity index (χ3n) is 4.85. The Bertz CT molecular complexity index is 753. The smallest absolute Gasteiger partial charge is 0.326 e. The summed E-state index contributed by atoms with van der Waals surface area (Å²) in [6.07, 6.45) is 1.84. The van der Waals surface area contributed by atoms with Gasteiger partial charge in [-0.2, -0.15) is 11.8 Å². The molecule has 0 spiro atoms. The fourth-order valence-corrected chi connectivity index (χ4v) is 3.39. The van der Waals surface area contributed by atoms with Crippen molar-refractivity contribution in [1.29, 1.82) is 0 Å². The number of thioether (sulfide) groups is 1. The summed E-state index contributed by atoms with van der Waals surface area (Å²) < 4.78 is 0. The van der Waals surface area contributed by atoms with Crippen LogP contribution in [0.3, 0.4) is 0 Å².